The fourth-order valence-electron chi connectivity index (χ4n) is 3.57. The fraction of sp³-hybridized carbons (Fsp3) is 0.579. The van der Waals surface area contributed by atoms with Crippen LogP contribution in [0.5, 0.6) is 0 Å². The van der Waals surface area contributed by atoms with Crippen LogP contribution in [0.15, 0.2) is 18.2 Å². The molecule has 6 nitrogen and oxygen atoms in total. The zero-order valence-corrected chi connectivity index (χ0v) is 15.0. The predicted octanol–water partition coefficient (Wildman–Crippen LogP) is 2.32. The molecule has 136 valence electrons. The van der Waals surface area contributed by atoms with Crippen LogP contribution in [0, 0.1) is 0 Å². The lowest BCUT2D eigenvalue weighted by Gasteiger charge is -2.35. The quantitative estimate of drug-likeness (QED) is 0.880. The molecule has 1 unspecified atom stereocenters. The molecule has 1 fully saturated rings. The number of aryl methyl sites for hydroxylation is 1. The topological polar surface area (TPSA) is 70.7 Å². The zero-order valence-electron chi connectivity index (χ0n) is 15.0. The Hall–Kier alpha value is -2.08. The first-order valence-corrected chi connectivity index (χ1v) is 9.10. The standard InChI is InChI=1S/C19H27N3O3/c1-13(2)20-19(24)22-9-10-25-12-15(22)11-18(23)21-17-8-4-6-14-5-3-7-16(14)17/h4,6,8,13,15H,3,5,7,9-12H2,1-2H3,(H,20,24)(H,21,23). The van der Waals surface area contributed by atoms with Gasteiger partial charge in [-0.2, -0.15) is 0 Å². The monoisotopic (exact) mass is 345 g/mol. The lowest BCUT2D eigenvalue weighted by molar-refractivity contribution is -0.118. The van der Waals surface area contributed by atoms with Gasteiger partial charge >= 0.3 is 6.03 Å². The number of benzene rings is 1. The average molecular weight is 345 g/mol. The van der Waals surface area contributed by atoms with E-state index < -0.39 is 0 Å². The van der Waals surface area contributed by atoms with Crippen LogP contribution in [0.25, 0.3) is 0 Å². The first kappa shape index (κ1) is 17.7. The molecule has 1 aliphatic heterocycles. The van der Waals surface area contributed by atoms with Crippen LogP contribution in [0.1, 0.15) is 37.8 Å². The van der Waals surface area contributed by atoms with Crippen LogP contribution in [-0.2, 0) is 22.4 Å². The predicted molar refractivity (Wildman–Crippen MR) is 96.7 cm³/mol. The van der Waals surface area contributed by atoms with Crippen molar-refractivity contribution in [1.82, 2.24) is 10.2 Å². The molecule has 3 amide bonds. The van der Waals surface area contributed by atoms with E-state index in [1.54, 1.807) is 4.90 Å². The highest BCUT2D eigenvalue weighted by atomic mass is 16.5. The Morgan fingerprint density at radius 3 is 2.96 bits per heavy atom. The highest BCUT2D eigenvalue weighted by Crippen LogP contribution is 2.29. The third-order valence-corrected chi connectivity index (χ3v) is 4.74. The van der Waals surface area contributed by atoms with Gasteiger partial charge in [-0.25, -0.2) is 4.79 Å². The van der Waals surface area contributed by atoms with Gasteiger partial charge in [0.05, 0.1) is 19.3 Å². The Bertz CT molecular complexity index is 645. The number of hydrogen-bond donors (Lipinski definition) is 2. The molecule has 0 saturated carbocycles. The molecule has 6 heteroatoms. The van der Waals surface area contributed by atoms with E-state index in [1.165, 1.54) is 11.1 Å². The number of ether oxygens (including phenoxy) is 1. The summed E-state index contributed by atoms with van der Waals surface area (Å²) < 4.78 is 5.49. The van der Waals surface area contributed by atoms with Crippen molar-refractivity contribution in [2.24, 2.45) is 0 Å². The minimum absolute atomic E-state index is 0.0664. The van der Waals surface area contributed by atoms with Crippen molar-refractivity contribution < 1.29 is 14.3 Å². The number of morpholine rings is 1. The summed E-state index contributed by atoms with van der Waals surface area (Å²) in [7, 11) is 0. The van der Waals surface area contributed by atoms with Gasteiger partial charge in [0.1, 0.15) is 0 Å². The van der Waals surface area contributed by atoms with Crippen molar-refractivity contribution in [1.29, 1.82) is 0 Å². The first-order valence-electron chi connectivity index (χ1n) is 9.10. The summed E-state index contributed by atoms with van der Waals surface area (Å²) in [5.41, 5.74) is 3.50. The molecule has 1 atom stereocenters. The smallest absolute Gasteiger partial charge is 0.318 e. The van der Waals surface area contributed by atoms with Gasteiger partial charge in [0, 0.05) is 24.7 Å². The molecule has 1 aromatic carbocycles. The highest BCUT2D eigenvalue weighted by Gasteiger charge is 2.29. The van der Waals surface area contributed by atoms with Gasteiger partial charge in [-0.15, -0.1) is 0 Å². The van der Waals surface area contributed by atoms with Crippen molar-refractivity contribution in [3.05, 3.63) is 29.3 Å². The average Bonchev–Trinajstić information content (AvgIpc) is 3.04. The number of amides is 3. The summed E-state index contributed by atoms with van der Waals surface area (Å²) in [6, 6.07) is 5.79. The van der Waals surface area contributed by atoms with Crippen LogP contribution in [0.2, 0.25) is 0 Å². The number of hydrogen-bond acceptors (Lipinski definition) is 3. The summed E-state index contributed by atoms with van der Waals surface area (Å²) in [4.78, 5) is 26.6. The summed E-state index contributed by atoms with van der Waals surface area (Å²) in [5.74, 6) is -0.0712. The number of carbonyl (C=O) groups is 2. The lowest BCUT2D eigenvalue weighted by Crippen LogP contribution is -2.54. The first-order chi connectivity index (χ1) is 12.0. The molecule has 0 bridgehead atoms. The van der Waals surface area contributed by atoms with Crippen LogP contribution in [0.3, 0.4) is 0 Å². The maximum absolute atomic E-state index is 12.5. The van der Waals surface area contributed by atoms with Gasteiger partial charge < -0.3 is 20.3 Å². The molecule has 25 heavy (non-hydrogen) atoms. The Labute approximate surface area is 148 Å². The van der Waals surface area contributed by atoms with E-state index in [9.17, 15) is 9.59 Å². The maximum atomic E-state index is 12.5. The van der Waals surface area contributed by atoms with Gasteiger partial charge in [-0.1, -0.05) is 12.1 Å². The molecule has 2 aliphatic rings. The van der Waals surface area contributed by atoms with Gasteiger partial charge in [0.25, 0.3) is 0 Å². The molecule has 1 saturated heterocycles. The highest BCUT2D eigenvalue weighted by molar-refractivity contribution is 5.92. The molecule has 2 N–H and O–H groups in total. The summed E-state index contributed by atoms with van der Waals surface area (Å²) in [6.45, 7) is 5.27. The van der Waals surface area contributed by atoms with E-state index in [1.807, 2.05) is 26.0 Å². The van der Waals surface area contributed by atoms with Gasteiger partial charge in [0.15, 0.2) is 0 Å². The number of anilines is 1. The van der Waals surface area contributed by atoms with E-state index >= 15 is 0 Å². The van der Waals surface area contributed by atoms with Gasteiger partial charge in [0.2, 0.25) is 5.91 Å². The van der Waals surface area contributed by atoms with Crippen molar-refractivity contribution in [2.45, 2.75) is 51.6 Å². The number of fused-ring (bicyclic) bond motifs is 1. The Morgan fingerprint density at radius 2 is 2.16 bits per heavy atom. The molecule has 0 spiro atoms. The van der Waals surface area contributed by atoms with Crippen LogP contribution in [-0.4, -0.2) is 48.7 Å². The molecule has 0 aromatic heterocycles. The van der Waals surface area contributed by atoms with E-state index in [0.717, 1.165) is 24.9 Å². The second-order valence-corrected chi connectivity index (χ2v) is 7.08. The minimum atomic E-state index is -0.232. The largest absolute Gasteiger partial charge is 0.377 e. The third kappa shape index (κ3) is 4.31. The van der Waals surface area contributed by atoms with Gasteiger partial charge in [-0.05, 0) is 50.3 Å². The second kappa shape index (κ2) is 7.87. The van der Waals surface area contributed by atoms with Crippen molar-refractivity contribution in [3.63, 3.8) is 0 Å². The van der Waals surface area contributed by atoms with Crippen LogP contribution >= 0.6 is 0 Å². The number of nitrogens with one attached hydrogen (secondary N) is 2. The van der Waals surface area contributed by atoms with Crippen molar-refractivity contribution in [3.8, 4) is 0 Å². The summed E-state index contributed by atoms with van der Waals surface area (Å²) >= 11 is 0. The number of rotatable bonds is 4. The molecular formula is C19H27N3O3. The Balaban J connectivity index is 1.63. The van der Waals surface area contributed by atoms with E-state index in [0.29, 0.717) is 19.8 Å². The van der Waals surface area contributed by atoms with E-state index in [-0.39, 0.29) is 30.4 Å². The van der Waals surface area contributed by atoms with Crippen LogP contribution < -0.4 is 10.6 Å². The lowest BCUT2D eigenvalue weighted by atomic mass is 10.1. The van der Waals surface area contributed by atoms with Crippen molar-refractivity contribution in [2.75, 3.05) is 25.1 Å². The SMILES string of the molecule is CC(C)NC(=O)N1CCOCC1CC(=O)Nc1cccc2c1CCC2. The molecular weight excluding hydrogens is 318 g/mol. The minimum Gasteiger partial charge on any atom is -0.377 e. The van der Waals surface area contributed by atoms with Crippen molar-refractivity contribution >= 4 is 17.6 Å². The molecule has 1 heterocycles. The number of nitrogens with zero attached hydrogens (tertiary/aromatic N) is 1. The molecule has 0 radical (unpaired) electrons. The fourth-order valence-corrected chi connectivity index (χ4v) is 3.57. The zero-order chi connectivity index (χ0) is 17.8. The van der Waals surface area contributed by atoms with E-state index in [2.05, 4.69) is 16.7 Å². The second-order valence-electron chi connectivity index (χ2n) is 7.08. The normalized spacial score (nSPS) is 19.6. The maximum Gasteiger partial charge on any atom is 0.318 e. The molecule has 1 aromatic rings. The molecule has 1 aliphatic carbocycles. The summed E-state index contributed by atoms with van der Waals surface area (Å²) in [5, 5.41) is 5.94. The summed E-state index contributed by atoms with van der Waals surface area (Å²) in [6.07, 6.45) is 3.48. The van der Waals surface area contributed by atoms with E-state index in [4.69, 9.17) is 4.74 Å². The Morgan fingerprint density at radius 1 is 1.32 bits per heavy atom. The number of carbonyl (C=O) groups excluding carboxylic acids is 2. The van der Waals surface area contributed by atoms with Gasteiger partial charge in [-0.3, -0.25) is 4.79 Å². The molecule has 3 rings (SSSR count). The van der Waals surface area contributed by atoms with Crippen LogP contribution in [0.4, 0.5) is 10.5 Å². The number of urea groups is 1. The third-order valence-electron chi connectivity index (χ3n) is 4.74. The Kier molecular flexibility index (Phi) is 5.58.